The van der Waals surface area contributed by atoms with Crippen LogP contribution in [-0.2, 0) is 16.6 Å². The van der Waals surface area contributed by atoms with E-state index < -0.39 is 24.3 Å². The van der Waals surface area contributed by atoms with Crippen molar-refractivity contribution in [2.24, 2.45) is 13.0 Å². The summed E-state index contributed by atoms with van der Waals surface area (Å²) < 4.78 is 65.2. The standard InChI is InChI=1S/C20H29N5O.2C2HF3O2/c1-24-20-16(8-9-18(22-20)25-11-4-2-3-5-12-25)19(23-24)17(26)13-15-7-6-10-21-14-15;2*3-2(4,5)1(6)7/h8-9,15,21H,2-7,10-14H2,1H3;2*(H,6,7). The molecule has 1 atom stereocenters. The number of aliphatic carboxylic acids is 2. The number of aryl methyl sites for hydroxylation is 1. The van der Waals surface area contributed by atoms with E-state index in [9.17, 15) is 31.1 Å². The SMILES string of the molecule is Cn1nc(C(=O)CC2CCCNC2)c2ccc(N3CCCCCC3)nc21.O=C(O)C(F)(F)F.O=C(O)C(F)(F)F. The summed E-state index contributed by atoms with van der Waals surface area (Å²) in [7, 11) is 1.89. The number of carbonyl (C=O) groups is 3. The van der Waals surface area contributed by atoms with Crippen LogP contribution in [0.1, 0.15) is 55.4 Å². The fourth-order valence-electron chi connectivity index (χ4n) is 4.26. The Balaban J connectivity index is 0.000000333. The summed E-state index contributed by atoms with van der Waals surface area (Å²) in [4.78, 5) is 37.8. The van der Waals surface area contributed by atoms with Crippen LogP contribution >= 0.6 is 0 Å². The molecule has 0 aliphatic carbocycles. The van der Waals surface area contributed by atoms with E-state index in [0.29, 0.717) is 18.0 Å². The van der Waals surface area contributed by atoms with Gasteiger partial charge in [-0.15, -0.1) is 0 Å². The number of carboxylic acid groups (broad SMARTS) is 2. The van der Waals surface area contributed by atoms with Crippen LogP contribution in [0.5, 0.6) is 0 Å². The average molecular weight is 584 g/mol. The van der Waals surface area contributed by atoms with Crippen LogP contribution in [-0.4, -0.2) is 81.2 Å². The molecular formula is C24H31F6N5O5. The Labute approximate surface area is 225 Å². The number of piperidine rings is 1. The number of nitrogens with one attached hydrogen (secondary N) is 1. The Morgan fingerprint density at radius 1 is 0.950 bits per heavy atom. The van der Waals surface area contributed by atoms with Gasteiger partial charge in [-0.05, 0) is 56.8 Å². The molecule has 2 saturated heterocycles. The zero-order valence-corrected chi connectivity index (χ0v) is 21.7. The fraction of sp³-hybridized carbons (Fsp3) is 0.625. The first-order valence-electron chi connectivity index (χ1n) is 12.5. The summed E-state index contributed by atoms with van der Waals surface area (Å²) in [5, 5.41) is 23.1. The molecule has 0 saturated carbocycles. The summed E-state index contributed by atoms with van der Waals surface area (Å²) >= 11 is 0. The van der Waals surface area contributed by atoms with Crippen molar-refractivity contribution in [3.63, 3.8) is 0 Å². The lowest BCUT2D eigenvalue weighted by atomic mass is 9.93. The van der Waals surface area contributed by atoms with Crippen LogP contribution < -0.4 is 10.2 Å². The molecule has 4 heterocycles. The van der Waals surface area contributed by atoms with E-state index in [1.165, 1.54) is 25.7 Å². The number of hydrogen-bond donors (Lipinski definition) is 3. The van der Waals surface area contributed by atoms with Gasteiger partial charge in [-0.1, -0.05) is 12.8 Å². The molecule has 0 radical (unpaired) electrons. The predicted molar refractivity (Wildman–Crippen MR) is 131 cm³/mol. The molecule has 16 heteroatoms. The Hall–Kier alpha value is -3.43. The van der Waals surface area contributed by atoms with Gasteiger partial charge in [-0.25, -0.2) is 19.3 Å². The molecule has 2 aliphatic heterocycles. The Kier molecular flexibility index (Phi) is 11.7. The fourth-order valence-corrected chi connectivity index (χ4v) is 4.26. The minimum absolute atomic E-state index is 0.147. The molecule has 4 rings (SSSR count). The molecule has 10 nitrogen and oxygen atoms in total. The number of ketones is 1. The number of aromatic nitrogens is 3. The second kappa shape index (κ2) is 14.3. The highest BCUT2D eigenvalue weighted by molar-refractivity contribution is 6.05. The van der Waals surface area contributed by atoms with Crippen molar-refractivity contribution in [1.29, 1.82) is 0 Å². The van der Waals surface area contributed by atoms with Gasteiger partial charge < -0.3 is 20.4 Å². The Bertz CT molecular complexity index is 1130. The number of Topliss-reactive ketones (excluding diaryl/α,β-unsaturated/α-hetero) is 1. The van der Waals surface area contributed by atoms with Gasteiger partial charge >= 0.3 is 24.3 Å². The molecule has 0 amide bonds. The number of carbonyl (C=O) groups excluding carboxylic acids is 1. The average Bonchev–Trinajstić information content (AvgIpc) is 3.03. The van der Waals surface area contributed by atoms with Crippen molar-refractivity contribution in [2.75, 3.05) is 31.1 Å². The first kappa shape index (κ1) is 32.8. The van der Waals surface area contributed by atoms with E-state index in [0.717, 1.165) is 55.9 Å². The Morgan fingerprint density at radius 3 is 1.98 bits per heavy atom. The van der Waals surface area contributed by atoms with Gasteiger partial charge in [0.25, 0.3) is 0 Å². The minimum Gasteiger partial charge on any atom is -0.475 e. The van der Waals surface area contributed by atoms with Gasteiger partial charge in [-0.3, -0.25) is 4.79 Å². The third kappa shape index (κ3) is 9.95. The van der Waals surface area contributed by atoms with Crippen molar-refractivity contribution in [1.82, 2.24) is 20.1 Å². The molecule has 40 heavy (non-hydrogen) atoms. The highest BCUT2D eigenvalue weighted by atomic mass is 19.4. The third-order valence-corrected chi connectivity index (χ3v) is 6.22. The van der Waals surface area contributed by atoms with Gasteiger partial charge in [0.15, 0.2) is 11.4 Å². The molecule has 0 spiro atoms. The van der Waals surface area contributed by atoms with Crippen LogP contribution in [0.3, 0.4) is 0 Å². The van der Waals surface area contributed by atoms with Crippen LogP contribution in [0.2, 0.25) is 0 Å². The van der Waals surface area contributed by atoms with Gasteiger partial charge in [0.1, 0.15) is 11.5 Å². The smallest absolute Gasteiger partial charge is 0.475 e. The van der Waals surface area contributed by atoms with Crippen LogP contribution in [0.25, 0.3) is 11.0 Å². The molecule has 1 unspecified atom stereocenters. The highest BCUT2D eigenvalue weighted by Crippen LogP contribution is 2.25. The molecule has 3 N–H and O–H groups in total. The maximum Gasteiger partial charge on any atom is 0.490 e. The van der Waals surface area contributed by atoms with E-state index in [4.69, 9.17) is 24.8 Å². The van der Waals surface area contributed by atoms with E-state index in [1.54, 1.807) is 4.68 Å². The topological polar surface area (TPSA) is 138 Å². The Morgan fingerprint density at radius 2 is 1.50 bits per heavy atom. The van der Waals surface area contributed by atoms with Crippen molar-refractivity contribution < 1.29 is 50.9 Å². The van der Waals surface area contributed by atoms with E-state index >= 15 is 0 Å². The first-order chi connectivity index (χ1) is 18.6. The number of anilines is 1. The summed E-state index contributed by atoms with van der Waals surface area (Å²) in [6.45, 7) is 4.14. The van der Waals surface area contributed by atoms with Crippen molar-refractivity contribution >= 4 is 34.6 Å². The minimum atomic E-state index is -5.08. The van der Waals surface area contributed by atoms with Crippen LogP contribution in [0, 0.1) is 5.92 Å². The van der Waals surface area contributed by atoms with Crippen LogP contribution in [0.4, 0.5) is 32.2 Å². The number of alkyl halides is 6. The number of rotatable bonds is 4. The maximum atomic E-state index is 12.8. The number of hydrogen-bond acceptors (Lipinski definition) is 7. The molecule has 2 aromatic heterocycles. The summed E-state index contributed by atoms with van der Waals surface area (Å²) in [5.74, 6) is -3.93. The molecule has 0 aromatic carbocycles. The van der Waals surface area contributed by atoms with Crippen molar-refractivity contribution in [2.45, 2.75) is 57.3 Å². The lowest BCUT2D eigenvalue weighted by Gasteiger charge is -2.21. The molecule has 2 aliphatic rings. The quantitative estimate of drug-likeness (QED) is 0.357. The lowest BCUT2D eigenvalue weighted by Crippen LogP contribution is -2.31. The molecule has 2 fully saturated rings. The van der Waals surface area contributed by atoms with Crippen molar-refractivity contribution in [3.8, 4) is 0 Å². The van der Waals surface area contributed by atoms with E-state index in [-0.39, 0.29) is 5.78 Å². The predicted octanol–water partition coefficient (Wildman–Crippen LogP) is 4.19. The van der Waals surface area contributed by atoms with Gasteiger partial charge in [0, 0.05) is 26.6 Å². The van der Waals surface area contributed by atoms with Gasteiger partial charge in [-0.2, -0.15) is 31.4 Å². The normalized spacial score (nSPS) is 18.1. The zero-order valence-electron chi connectivity index (χ0n) is 21.7. The lowest BCUT2D eigenvalue weighted by molar-refractivity contribution is -0.193. The molecule has 0 bridgehead atoms. The number of nitrogens with zero attached hydrogens (tertiary/aromatic N) is 4. The van der Waals surface area contributed by atoms with Gasteiger partial charge in [0.05, 0.1) is 5.39 Å². The second-order valence-corrected chi connectivity index (χ2v) is 9.36. The summed E-state index contributed by atoms with van der Waals surface area (Å²) in [6, 6.07) is 4.11. The first-order valence-corrected chi connectivity index (χ1v) is 12.5. The second-order valence-electron chi connectivity index (χ2n) is 9.36. The largest absolute Gasteiger partial charge is 0.490 e. The monoisotopic (exact) mass is 583 g/mol. The molecular weight excluding hydrogens is 552 g/mol. The maximum absolute atomic E-state index is 12.8. The van der Waals surface area contributed by atoms with Gasteiger partial charge in [0.2, 0.25) is 0 Å². The highest BCUT2D eigenvalue weighted by Gasteiger charge is 2.38. The van der Waals surface area contributed by atoms with Crippen LogP contribution in [0.15, 0.2) is 12.1 Å². The molecule has 224 valence electrons. The number of fused-ring (bicyclic) bond motifs is 1. The number of halogens is 6. The summed E-state index contributed by atoms with van der Waals surface area (Å²) in [5.41, 5.74) is 1.40. The zero-order chi connectivity index (χ0) is 30.1. The third-order valence-electron chi connectivity index (χ3n) is 6.22. The van der Waals surface area contributed by atoms with E-state index in [1.807, 2.05) is 13.1 Å². The summed E-state index contributed by atoms with van der Waals surface area (Å²) in [6.07, 6.45) is -2.25. The van der Waals surface area contributed by atoms with Crippen molar-refractivity contribution in [3.05, 3.63) is 17.8 Å². The number of pyridine rings is 1. The molecule has 2 aromatic rings. The van der Waals surface area contributed by atoms with E-state index in [2.05, 4.69) is 21.4 Å². The number of carboxylic acids is 2.